The summed E-state index contributed by atoms with van der Waals surface area (Å²) in [4.78, 5) is 27.7. The predicted molar refractivity (Wildman–Crippen MR) is 97.6 cm³/mol. The molecular formula is C19H27F2N3O3. The second-order valence-corrected chi connectivity index (χ2v) is 6.91. The zero-order valence-electron chi connectivity index (χ0n) is 15.8. The average Bonchev–Trinajstić information content (AvgIpc) is 2.62. The van der Waals surface area contributed by atoms with Crippen molar-refractivity contribution in [2.75, 3.05) is 40.3 Å². The second-order valence-electron chi connectivity index (χ2n) is 6.91. The zero-order valence-corrected chi connectivity index (χ0v) is 15.8. The molecule has 0 radical (unpaired) electrons. The Kier molecular flexibility index (Phi) is 7.97. The summed E-state index contributed by atoms with van der Waals surface area (Å²) in [5.74, 6) is 0.277. The number of hydrogen-bond acceptors (Lipinski definition) is 4. The summed E-state index contributed by atoms with van der Waals surface area (Å²) in [6.45, 7) is -0.554. The molecule has 1 saturated heterocycles. The van der Waals surface area contributed by atoms with E-state index < -0.39 is 6.61 Å². The molecule has 1 fully saturated rings. The summed E-state index contributed by atoms with van der Waals surface area (Å²) in [6.07, 6.45) is 2.16. The van der Waals surface area contributed by atoms with Crippen molar-refractivity contribution in [3.63, 3.8) is 0 Å². The molecule has 27 heavy (non-hydrogen) atoms. The number of halogens is 2. The molecule has 1 aromatic carbocycles. The van der Waals surface area contributed by atoms with Crippen LogP contribution in [0.4, 0.5) is 8.78 Å². The number of amides is 2. The Bertz CT molecular complexity index is 615. The fraction of sp³-hybridized carbons (Fsp3) is 0.579. The number of rotatable bonds is 8. The normalized spacial score (nSPS) is 15.6. The minimum absolute atomic E-state index is 0.0509. The first-order chi connectivity index (χ1) is 12.8. The van der Waals surface area contributed by atoms with Crippen molar-refractivity contribution < 1.29 is 23.1 Å². The highest BCUT2D eigenvalue weighted by Crippen LogP contribution is 2.18. The third kappa shape index (κ3) is 7.13. The van der Waals surface area contributed by atoms with Gasteiger partial charge in [0.2, 0.25) is 11.8 Å². The number of benzene rings is 1. The van der Waals surface area contributed by atoms with Crippen LogP contribution in [0.1, 0.15) is 18.4 Å². The predicted octanol–water partition coefficient (Wildman–Crippen LogP) is 1.75. The van der Waals surface area contributed by atoms with Crippen molar-refractivity contribution in [1.29, 1.82) is 0 Å². The first kappa shape index (κ1) is 21.1. The van der Waals surface area contributed by atoms with Gasteiger partial charge in [-0.25, -0.2) is 0 Å². The third-order valence-electron chi connectivity index (χ3n) is 4.63. The van der Waals surface area contributed by atoms with E-state index in [0.717, 1.165) is 31.5 Å². The van der Waals surface area contributed by atoms with Gasteiger partial charge < -0.3 is 15.0 Å². The topological polar surface area (TPSA) is 61.9 Å². The number of nitrogens with zero attached hydrogens (tertiary/aromatic N) is 2. The molecule has 0 spiro atoms. The van der Waals surface area contributed by atoms with Crippen molar-refractivity contribution in [1.82, 2.24) is 15.1 Å². The van der Waals surface area contributed by atoms with Crippen molar-refractivity contribution in [2.24, 2.45) is 5.92 Å². The maximum atomic E-state index is 12.1. The van der Waals surface area contributed by atoms with Gasteiger partial charge in [-0.3, -0.25) is 14.5 Å². The van der Waals surface area contributed by atoms with Gasteiger partial charge in [-0.2, -0.15) is 8.78 Å². The lowest BCUT2D eigenvalue weighted by atomic mass is 9.95. The number of likely N-dealkylation sites (tertiary alicyclic amines) is 1. The molecule has 8 heteroatoms. The van der Waals surface area contributed by atoms with E-state index >= 15 is 0 Å². The molecule has 0 atom stereocenters. The molecule has 1 aromatic rings. The Morgan fingerprint density at radius 3 is 2.41 bits per heavy atom. The van der Waals surface area contributed by atoms with E-state index in [9.17, 15) is 18.4 Å². The van der Waals surface area contributed by atoms with Crippen molar-refractivity contribution >= 4 is 11.8 Å². The number of carbonyl (C=O) groups is 2. The summed E-state index contributed by atoms with van der Waals surface area (Å²) in [5, 5.41) is 2.87. The molecule has 0 aromatic heterocycles. The van der Waals surface area contributed by atoms with E-state index in [1.165, 1.54) is 12.1 Å². The Hall–Kier alpha value is -2.22. The van der Waals surface area contributed by atoms with Gasteiger partial charge in [-0.05, 0) is 50.0 Å². The van der Waals surface area contributed by atoms with E-state index in [2.05, 4.69) is 15.0 Å². The van der Waals surface area contributed by atoms with Gasteiger partial charge in [-0.15, -0.1) is 0 Å². The molecule has 2 rings (SSSR count). The number of alkyl halides is 2. The Labute approximate surface area is 158 Å². The number of piperidine rings is 1. The van der Waals surface area contributed by atoms with Crippen LogP contribution in [-0.4, -0.2) is 68.5 Å². The van der Waals surface area contributed by atoms with E-state index in [1.807, 2.05) is 0 Å². The van der Waals surface area contributed by atoms with E-state index in [4.69, 9.17) is 0 Å². The minimum atomic E-state index is -2.83. The quantitative estimate of drug-likeness (QED) is 0.743. The van der Waals surface area contributed by atoms with E-state index in [1.54, 1.807) is 31.1 Å². The summed E-state index contributed by atoms with van der Waals surface area (Å²) >= 11 is 0. The molecule has 0 bridgehead atoms. The first-order valence-electron chi connectivity index (χ1n) is 9.09. The number of carbonyl (C=O) groups excluding carboxylic acids is 2. The average molecular weight is 383 g/mol. The van der Waals surface area contributed by atoms with Crippen LogP contribution in [0, 0.1) is 5.92 Å². The van der Waals surface area contributed by atoms with Crippen LogP contribution in [-0.2, 0) is 16.0 Å². The largest absolute Gasteiger partial charge is 0.435 e. The number of ether oxygens (including phenoxy) is 1. The molecule has 0 saturated carbocycles. The standard InChI is InChI=1S/C19H27F2N3O3/c1-23(2)18(26)15-8-11-24(12-9-15)13-17(25)22-10-7-14-3-5-16(6-4-14)27-19(20)21/h3-6,15,19H,7-13H2,1-2H3,(H,22,25). The highest BCUT2D eigenvalue weighted by molar-refractivity contribution is 5.79. The van der Waals surface area contributed by atoms with Crippen LogP contribution in [0.2, 0.25) is 0 Å². The fourth-order valence-electron chi connectivity index (χ4n) is 3.15. The summed E-state index contributed by atoms with van der Waals surface area (Å²) < 4.78 is 28.5. The Morgan fingerprint density at radius 2 is 1.85 bits per heavy atom. The lowest BCUT2D eigenvalue weighted by Gasteiger charge is -2.31. The molecule has 1 aliphatic rings. The van der Waals surface area contributed by atoms with Crippen LogP contribution in [0.3, 0.4) is 0 Å². The van der Waals surface area contributed by atoms with Crippen molar-refractivity contribution in [3.05, 3.63) is 29.8 Å². The monoisotopic (exact) mass is 383 g/mol. The summed E-state index contributed by atoms with van der Waals surface area (Å²) in [7, 11) is 3.53. The Balaban J connectivity index is 1.65. The van der Waals surface area contributed by atoms with Crippen LogP contribution in [0.25, 0.3) is 0 Å². The van der Waals surface area contributed by atoms with Gasteiger partial charge in [0.25, 0.3) is 0 Å². The number of nitrogens with one attached hydrogen (secondary N) is 1. The zero-order chi connectivity index (χ0) is 19.8. The molecule has 2 amide bonds. The molecule has 1 N–H and O–H groups in total. The van der Waals surface area contributed by atoms with Crippen LogP contribution in [0.5, 0.6) is 5.75 Å². The molecule has 150 valence electrons. The van der Waals surface area contributed by atoms with Gasteiger partial charge in [0, 0.05) is 26.6 Å². The lowest BCUT2D eigenvalue weighted by Crippen LogP contribution is -2.44. The summed E-state index contributed by atoms with van der Waals surface area (Å²) in [6, 6.07) is 6.39. The van der Waals surface area contributed by atoms with Gasteiger partial charge in [0.1, 0.15) is 5.75 Å². The molecule has 1 heterocycles. The van der Waals surface area contributed by atoms with Crippen LogP contribution in [0.15, 0.2) is 24.3 Å². The minimum Gasteiger partial charge on any atom is -0.435 e. The second kappa shape index (κ2) is 10.2. The summed E-state index contributed by atoms with van der Waals surface area (Å²) in [5.41, 5.74) is 0.930. The maximum Gasteiger partial charge on any atom is 0.387 e. The van der Waals surface area contributed by atoms with Crippen molar-refractivity contribution in [2.45, 2.75) is 25.9 Å². The van der Waals surface area contributed by atoms with Gasteiger partial charge in [0.15, 0.2) is 0 Å². The van der Waals surface area contributed by atoms with Crippen molar-refractivity contribution in [3.8, 4) is 5.75 Å². The van der Waals surface area contributed by atoms with Gasteiger partial charge in [0.05, 0.1) is 6.54 Å². The van der Waals surface area contributed by atoms with E-state index in [0.29, 0.717) is 19.5 Å². The first-order valence-corrected chi connectivity index (χ1v) is 9.09. The molecular weight excluding hydrogens is 356 g/mol. The molecule has 0 aliphatic carbocycles. The highest BCUT2D eigenvalue weighted by Gasteiger charge is 2.26. The molecule has 0 unspecified atom stereocenters. The van der Waals surface area contributed by atoms with Gasteiger partial charge >= 0.3 is 6.61 Å². The maximum absolute atomic E-state index is 12.1. The third-order valence-corrected chi connectivity index (χ3v) is 4.63. The highest BCUT2D eigenvalue weighted by atomic mass is 19.3. The smallest absolute Gasteiger partial charge is 0.387 e. The van der Waals surface area contributed by atoms with Crippen LogP contribution < -0.4 is 10.1 Å². The fourth-order valence-corrected chi connectivity index (χ4v) is 3.15. The molecule has 1 aliphatic heterocycles. The SMILES string of the molecule is CN(C)C(=O)C1CCN(CC(=O)NCCc2ccc(OC(F)F)cc2)CC1. The van der Waals surface area contributed by atoms with Crippen LogP contribution >= 0.6 is 0 Å². The number of hydrogen-bond donors (Lipinski definition) is 1. The van der Waals surface area contributed by atoms with E-state index in [-0.39, 0.29) is 23.5 Å². The lowest BCUT2D eigenvalue weighted by molar-refractivity contribution is -0.134. The van der Waals surface area contributed by atoms with Gasteiger partial charge in [-0.1, -0.05) is 12.1 Å². The molecule has 6 nitrogen and oxygen atoms in total. The Morgan fingerprint density at radius 1 is 1.22 bits per heavy atom.